The number of aromatic amines is 1. The van der Waals surface area contributed by atoms with Gasteiger partial charge in [0.25, 0.3) is 0 Å². The first-order valence-corrected chi connectivity index (χ1v) is 8.91. The van der Waals surface area contributed by atoms with Crippen molar-refractivity contribution in [3.63, 3.8) is 0 Å². The summed E-state index contributed by atoms with van der Waals surface area (Å²) in [5.74, 6) is 1.18. The molecule has 25 heavy (non-hydrogen) atoms. The number of nitrogens with one attached hydrogen (secondary N) is 1. The highest BCUT2D eigenvalue weighted by Gasteiger charge is 2.18. The summed E-state index contributed by atoms with van der Waals surface area (Å²) in [6.45, 7) is 3.80. The molecule has 2 aromatic heterocycles. The molecular formula is C17H19N3O4S. The zero-order chi connectivity index (χ0) is 18.1. The van der Waals surface area contributed by atoms with Crippen LogP contribution in [0.5, 0.6) is 17.2 Å². The van der Waals surface area contributed by atoms with Crippen LogP contribution in [0.2, 0.25) is 0 Å². The first kappa shape index (κ1) is 17.2. The molecule has 0 aliphatic rings. The second-order valence-electron chi connectivity index (χ2n) is 5.59. The number of nitrogens with zero attached hydrogens (tertiary/aromatic N) is 2. The molecule has 2 N–H and O–H groups in total. The number of phenolic OH excluding ortho intramolecular Hbond substituents is 1. The molecule has 3 rings (SSSR count). The molecule has 0 aliphatic carbocycles. The van der Waals surface area contributed by atoms with Gasteiger partial charge in [0.2, 0.25) is 0 Å². The summed E-state index contributed by atoms with van der Waals surface area (Å²) in [7, 11) is 1.62. The van der Waals surface area contributed by atoms with Crippen molar-refractivity contribution in [3.8, 4) is 17.2 Å². The van der Waals surface area contributed by atoms with Gasteiger partial charge in [-0.2, -0.15) is 0 Å². The maximum absolute atomic E-state index is 12.7. The van der Waals surface area contributed by atoms with E-state index in [0.717, 1.165) is 16.9 Å². The normalized spacial score (nSPS) is 12.3. The molecule has 0 fully saturated rings. The summed E-state index contributed by atoms with van der Waals surface area (Å²) >= 11 is 0. The van der Waals surface area contributed by atoms with Gasteiger partial charge in [-0.3, -0.25) is 9.19 Å². The third-order valence-electron chi connectivity index (χ3n) is 4.02. The van der Waals surface area contributed by atoms with Crippen molar-refractivity contribution in [2.45, 2.75) is 24.8 Å². The fourth-order valence-corrected chi connectivity index (χ4v) is 3.79. The van der Waals surface area contributed by atoms with Crippen molar-refractivity contribution in [1.82, 2.24) is 15.0 Å². The predicted molar refractivity (Wildman–Crippen MR) is 94.7 cm³/mol. The number of pyridine rings is 1. The Labute approximate surface area is 147 Å². The summed E-state index contributed by atoms with van der Waals surface area (Å²) in [5.41, 5.74) is 3.39. The first-order valence-electron chi connectivity index (χ1n) is 7.59. The van der Waals surface area contributed by atoms with E-state index in [-0.39, 0.29) is 16.7 Å². The lowest BCUT2D eigenvalue weighted by atomic mass is 10.1. The second-order valence-corrected chi connectivity index (χ2v) is 6.96. The summed E-state index contributed by atoms with van der Waals surface area (Å²) < 4.78 is 23.2. The molecule has 3 aromatic rings. The van der Waals surface area contributed by atoms with Crippen LogP contribution in [0.4, 0.5) is 0 Å². The number of benzene rings is 1. The van der Waals surface area contributed by atoms with E-state index in [0.29, 0.717) is 22.5 Å². The highest BCUT2D eigenvalue weighted by molar-refractivity contribution is 7.84. The van der Waals surface area contributed by atoms with Crippen LogP contribution < -0.4 is 9.47 Å². The summed E-state index contributed by atoms with van der Waals surface area (Å²) in [4.78, 5) is 11.6. The number of imidazole rings is 1. The zero-order valence-electron chi connectivity index (χ0n) is 14.4. The summed E-state index contributed by atoms with van der Waals surface area (Å²) in [6, 6.07) is 3.35. The molecular weight excluding hydrogens is 342 g/mol. The zero-order valence-corrected chi connectivity index (χ0v) is 15.2. The fourth-order valence-electron chi connectivity index (χ4n) is 2.70. The standard InChI is InChI=1S/C17H19N3O4S/c1-9-7-18-12(10(2)16(9)24-4)8-25(22)17-19-11-5-6-13(23-3)15(21)14(11)20-17/h5-7,21H,8H2,1-4H3,(H,19,20). The van der Waals surface area contributed by atoms with Crippen LogP contribution in [0.3, 0.4) is 0 Å². The van der Waals surface area contributed by atoms with E-state index in [1.54, 1.807) is 25.4 Å². The Bertz CT molecular complexity index is 968. The molecule has 1 unspecified atom stereocenters. The van der Waals surface area contributed by atoms with E-state index in [2.05, 4.69) is 15.0 Å². The van der Waals surface area contributed by atoms with Gasteiger partial charge in [0.05, 0.1) is 42.0 Å². The van der Waals surface area contributed by atoms with Gasteiger partial charge < -0.3 is 19.6 Å². The van der Waals surface area contributed by atoms with Crippen LogP contribution in [0.1, 0.15) is 16.8 Å². The van der Waals surface area contributed by atoms with E-state index in [1.165, 1.54) is 7.11 Å². The van der Waals surface area contributed by atoms with E-state index in [4.69, 9.17) is 9.47 Å². The second kappa shape index (κ2) is 6.72. The molecule has 0 aliphatic heterocycles. The molecule has 1 aromatic carbocycles. The minimum atomic E-state index is -1.45. The predicted octanol–water partition coefficient (Wildman–Crippen LogP) is 2.61. The van der Waals surface area contributed by atoms with Gasteiger partial charge in [-0.15, -0.1) is 0 Å². The Morgan fingerprint density at radius 1 is 1.24 bits per heavy atom. The molecule has 132 valence electrons. The van der Waals surface area contributed by atoms with E-state index in [9.17, 15) is 9.32 Å². The van der Waals surface area contributed by atoms with Crippen molar-refractivity contribution in [1.29, 1.82) is 0 Å². The minimum absolute atomic E-state index is 0.0780. The SMILES string of the molecule is COc1ccc2[nH]c(S(=O)Cc3ncc(C)c(OC)c3C)nc2c1O. The molecule has 2 heterocycles. The maximum atomic E-state index is 12.7. The molecule has 0 amide bonds. The summed E-state index contributed by atoms with van der Waals surface area (Å²) in [5, 5.41) is 10.4. The van der Waals surface area contributed by atoms with Crippen molar-refractivity contribution in [2.75, 3.05) is 14.2 Å². The molecule has 0 saturated heterocycles. The van der Waals surface area contributed by atoms with E-state index < -0.39 is 10.8 Å². The number of fused-ring (bicyclic) bond motifs is 1. The van der Waals surface area contributed by atoms with Gasteiger partial charge in [-0.25, -0.2) is 4.98 Å². The Kier molecular flexibility index (Phi) is 4.63. The van der Waals surface area contributed by atoms with Crippen molar-refractivity contribution in [3.05, 3.63) is 35.2 Å². The third kappa shape index (κ3) is 3.05. The van der Waals surface area contributed by atoms with Crippen LogP contribution in [-0.4, -0.2) is 38.5 Å². The molecule has 0 saturated carbocycles. The molecule has 7 nitrogen and oxygen atoms in total. The maximum Gasteiger partial charge on any atom is 0.197 e. The van der Waals surface area contributed by atoms with Gasteiger partial charge in [0.15, 0.2) is 16.7 Å². The van der Waals surface area contributed by atoms with Gasteiger partial charge in [-0.05, 0) is 26.0 Å². The average Bonchev–Trinajstić information content (AvgIpc) is 3.03. The lowest BCUT2D eigenvalue weighted by Crippen LogP contribution is -2.05. The number of rotatable bonds is 5. The van der Waals surface area contributed by atoms with Gasteiger partial charge in [-0.1, -0.05) is 0 Å². The van der Waals surface area contributed by atoms with Gasteiger partial charge in [0, 0.05) is 17.3 Å². The topological polar surface area (TPSA) is 97.3 Å². The van der Waals surface area contributed by atoms with E-state index in [1.807, 2.05) is 13.8 Å². The van der Waals surface area contributed by atoms with Crippen LogP contribution in [0.15, 0.2) is 23.5 Å². The molecule has 0 spiro atoms. The fraction of sp³-hybridized carbons (Fsp3) is 0.294. The number of aromatic hydroxyl groups is 1. The molecule has 1 atom stereocenters. The van der Waals surface area contributed by atoms with Crippen molar-refractivity contribution < 1.29 is 18.8 Å². The highest BCUT2D eigenvalue weighted by atomic mass is 32.2. The monoisotopic (exact) mass is 361 g/mol. The van der Waals surface area contributed by atoms with Crippen LogP contribution in [0.25, 0.3) is 11.0 Å². The van der Waals surface area contributed by atoms with Crippen LogP contribution in [-0.2, 0) is 16.6 Å². The van der Waals surface area contributed by atoms with Gasteiger partial charge in [0.1, 0.15) is 11.3 Å². The smallest absolute Gasteiger partial charge is 0.197 e. The molecule has 0 radical (unpaired) electrons. The lowest BCUT2D eigenvalue weighted by molar-refractivity contribution is 0.376. The van der Waals surface area contributed by atoms with Crippen molar-refractivity contribution in [2.24, 2.45) is 0 Å². The largest absolute Gasteiger partial charge is 0.503 e. The number of methoxy groups -OCH3 is 2. The number of hydrogen-bond acceptors (Lipinski definition) is 6. The Morgan fingerprint density at radius 2 is 2.00 bits per heavy atom. The van der Waals surface area contributed by atoms with Crippen LogP contribution >= 0.6 is 0 Å². The average molecular weight is 361 g/mol. The number of H-pyrrole nitrogens is 1. The quantitative estimate of drug-likeness (QED) is 0.725. The Morgan fingerprint density at radius 3 is 2.68 bits per heavy atom. The first-order chi connectivity index (χ1) is 12.0. The van der Waals surface area contributed by atoms with Gasteiger partial charge >= 0.3 is 0 Å². The third-order valence-corrected chi connectivity index (χ3v) is 5.18. The highest BCUT2D eigenvalue weighted by Crippen LogP contribution is 2.33. The number of aromatic nitrogens is 3. The minimum Gasteiger partial charge on any atom is -0.503 e. The van der Waals surface area contributed by atoms with Crippen LogP contribution in [0, 0.1) is 13.8 Å². The number of aryl methyl sites for hydroxylation is 1. The van der Waals surface area contributed by atoms with E-state index >= 15 is 0 Å². The van der Waals surface area contributed by atoms with Crippen molar-refractivity contribution >= 4 is 21.8 Å². The molecule has 8 heteroatoms. The summed E-state index contributed by atoms with van der Waals surface area (Å²) in [6.07, 6.45) is 1.70. The lowest BCUT2D eigenvalue weighted by Gasteiger charge is -2.11. The molecule has 0 bridgehead atoms. The Balaban J connectivity index is 1.94. The number of hydrogen-bond donors (Lipinski definition) is 2. The number of phenols is 1. The number of ether oxygens (including phenoxy) is 2. The Hall–Kier alpha value is -2.61.